The molecule has 2 heterocycles. The normalized spacial score (nSPS) is 22.9. The molecule has 2 aliphatic heterocycles. The van der Waals surface area contributed by atoms with Gasteiger partial charge in [0.15, 0.2) is 6.10 Å². The average Bonchev–Trinajstić information content (AvgIpc) is 3.27. The molecule has 2 amide bonds. The molecule has 3 atom stereocenters. The fraction of sp³-hybridized carbons (Fsp3) is 0.130. The summed E-state index contributed by atoms with van der Waals surface area (Å²) in [5, 5.41) is 2.76. The first-order valence-electron chi connectivity index (χ1n) is 9.55. The van der Waals surface area contributed by atoms with E-state index < -0.39 is 24.0 Å². The third kappa shape index (κ3) is 3.38. The number of imide groups is 1. The van der Waals surface area contributed by atoms with Crippen LogP contribution < -0.4 is 9.96 Å². The zero-order valence-corrected chi connectivity index (χ0v) is 18.2. The van der Waals surface area contributed by atoms with Crippen molar-refractivity contribution >= 4 is 58.0 Å². The minimum atomic E-state index is -0.967. The molecule has 0 unspecified atom stereocenters. The number of benzene rings is 3. The predicted octanol–water partition coefficient (Wildman–Crippen LogP) is 5.70. The molecule has 2 fully saturated rings. The Balaban J connectivity index is 1.59. The monoisotopic (exact) mass is 472 g/mol. The second-order valence-corrected chi connectivity index (χ2v) is 8.57. The molecule has 3 aromatic rings. The molecule has 2 saturated heterocycles. The summed E-state index contributed by atoms with van der Waals surface area (Å²) in [6.45, 7) is 0. The number of halogens is 3. The molecule has 31 heavy (non-hydrogen) atoms. The highest BCUT2D eigenvalue weighted by atomic mass is 35.5. The highest BCUT2D eigenvalue weighted by Gasteiger charge is 2.60. The van der Waals surface area contributed by atoms with Crippen LogP contribution in [0.4, 0.5) is 11.4 Å². The van der Waals surface area contributed by atoms with Crippen molar-refractivity contribution in [3.63, 3.8) is 0 Å². The summed E-state index contributed by atoms with van der Waals surface area (Å²) < 4.78 is 0. The Morgan fingerprint density at radius 2 is 1.52 bits per heavy atom. The van der Waals surface area contributed by atoms with Crippen LogP contribution in [0.1, 0.15) is 11.6 Å². The van der Waals surface area contributed by atoms with Crippen LogP contribution in [-0.2, 0) is 14.4 Å². The lowest BCUT2D eigenvalue weighted by Crippen LogP contribution is -2.37. The van der Waals surface area contributed by atoms with Crippen molar-refractivity contribution in [2.45, 2.75) is 12.1 Å². The van der Waals surface area contributed by atoms with E-state index in [4.69, 9.17) is 39.6 Å². The van der Waals surface area contributed by atoms with Gasteiger partial charge in [-0.25, -0.2) is 9.96 Å². The Hall–Kier alpha value is -2.57. The Morgan fingerprint density at radius 1 is 0.742 bits per heavy atom. The second kappa shape index (κ2) is 7.84. The number of carbonyl (C=O) groups excluding carboxylic acids is 2. The maximum absolute atomic E-state index is 13.5. The summed E-state index contributed by atoms with van der Waals surface area (Å²) in [6, 6.07) is 20.7. The summed E-state index contributed by atoms with van der Waals surface area (Å²) in [6.07, 6.45) is -0.967. The van der Waals surface area contributed by atoms with Crippen molar-refractivity contribution in [3.8, 4) is 0 Å². The van der Waals surface area contributed by atoms with Gasteiger partial charge in [0.1, 0.15) is 5.92 Å². The Bertz CT molecular complexity index is 1190. The van der Waals surface area contributed by atoms with Crippen LogP contribution in [0, 0.1) is 5.92 Å². The number of anilines is 2. The Labute approximate surface area is 193 Å². The van der Waals surface area contributed by atoms with E-state index in [0.717, 1.165) is 16.2 Å². The predicted molar refractivity (Wildman–Crippen MR) is 120 cm³/mol. The molecular formula is C23H15Cl3N2O3. The first-order chi connectivity index (χ1) is 15.0. The van der Waals surface area contributed by atoms with Gasteiger partial charge >= 0.3 is 0 Å². The molecule has 5 nitrogen and oxygen atoms in total. The van der Waals surface area contributed by atoms with E-state index in [0.29, 0.717) is 15.7 Å². The van der Waals surface area contributed by atoms with E-state index in [1.807, 2.05) is 42.5 Å². The van der Waals surface area contributed by atoms with Crippen molar-refractivity contribution < 1.29 is 14.4 Å². The Kier molecular flexibility index (Phi) is 5.15. The van der Waals surface area contributed by atoms with E-state index in [1.54, 1.807) is 29.3 Å². The SMILES string of the molecule is O=C1[C@@H]2[C@@H](ON(c3ccccc3)[C@H]2c2cccc(Cl)c2)C(=O)N1c1ccc(Cl)c(Cl)c1. The molecule has 0 aromatic heterocycles. The number of carbonyl (C=O) groups is 2. The van der Waals surface area contributed by atoms with Gasteiger partial charge in [-0.2, -0.15) is 0 Å². The highest BCUT2D eigenvalue weighted by molar-refractivity contribution is 6.42. The fourth-order valence-corrected chi connectivity index (χ4v) is 4.61. The second-order valence-electron chi connectivity index (χ2n) is 7.32. The number of hydroxylamine groups is 1. The molecule has 0 bridgehead atoms. The summed E-state index contributed by atoms with van der Waals surface area (Å²) in [5.74, 6) is -1.56. The molecule has 2 aliphatic rings. The van der Waals surface area contributed by atoms with Crippen LogP contribution in [-0.4, -0.2) is 17.9 Å². The van der Waals surface area contributed by atoms with Crippen LogP contribution in [0.2, 0.25) is 15.1 Å². The van der Waals surface area contributed by atoms with Crippen molar-refractivity contribution in [3.05, 3.63) is 93.4 Å². The molecule has 0 N–H and O–H groups in total. The van der Waals surface area contributed by atoms with Gasteiger partial charge in [0.2, 0.25) is 5.91 Å². The van der Waals surface area contributed by atoms with Gasteiger partial charge in [-0.3, -0.25) is 14.4 Å². The van der Waals surface area contributed by atoms with Crippen molar-refractivity contribution in [1.82, 2.24) is 0 Å². The number of amides is 2. The molecule has 0 spiro atoms. The van der Waals surface area contributed by atoms with Gasteiger partial charge in [0.05, 0.1) is 27.5 Å². The van der Waals surface area contributed by atoms with Crippen LogP contribution in [0.25, 0.3) is 0 Å². The number of para-hydroxylation sites is 1. The zero-order valence-electron chi connectivity index (χ0n) is 15.9. The fourth-order valence-electron chi connectivity index (χ4n) is 4.12. The molecule has 0 saturated carbocycles. The number of nitrogens with zero attached hydrogens (tertiary/aromatic N) is 2. The largest absolute Gasteiger partial charge is 0.273 e. The van der Waals surface area contributed by atoms with E-state index in [2.05, 4.69) is 0 Å². The smallest absolute Gasteiger partial charge is 0.266 e. The first kappa shape index (κ1) is 20.3. The molecule has 0 radical (unpaired) electrons. The summed E-state index contributed by atoms with van der Waals surface area (Å²) in [4.78, 5) is 34.0. The van der Waals surface area contributed by atoms with E-state index in [1.165, 1.54) is 6.07 Å². The molecule has 5 rings (SSSR count). The third-order valence-corrected chi connectivity index (χ3v) is 6.45. The van der Waals surface area contributed by atoms with Crippen LogP contribution in [0.3, 0.4) is 0 Å². The minimum absolute atomic E-state index is 0.259. The van der Waals surface area contributed by atoms with E-state index in [9.17, 15) is 9.59 Å². The average molecular weight is 474 g/mol. The van der Waals surface area contributed by atoms with Gasteiger partial charge in [-0.15, -0.1) is 0 Å². The van der Waals surface area contributed by atoms with Crippen molar-refractivity contribution in [1.29, 1.82) is 0 Å². The molecule has 0 aliphatic carbocycles. The molecule has 156 valence electrons. The van der Waals surface area contributed by atoms with Gasteiger partial charge in [0, 0.05) is 5.02 Å². The van der Waals surface area contributed by atoms with E-state index >= 15 is 0 Å². The maximum Gasteiger partial charge on any atom is 0.266 e. The zero-order chi connectivity index (χ0) is 21.7. The number of hydrogen-bond acceptors (Lipinski definition) is 4. The summed E-state index contributed by atoms with van der Waals surface area (Å²) >= 11 is 18.3. The number of hydrogen-bond donors (Lipinski definition) is 0. The minimum Gasteiger partial charge on any atom is -0.273 e. The van der Waals surface area contributed by atoms with Gasteiger partial charge in [-0.05, 0) is 48.0 Å². The maximum atomic E-state index is 13.5. The van der Waals surface area contributed by atoms with Crippen LogP contribution in [0.15, 0.2) is 72.8 Å². The van der Waals surface area contributed by atoms with Gasteiger partial charge in [-0.1, -0.05) is 65.1 Å². The molecular weight excluding hydrogens is 459 g/mol. The van der Waals surface area contributed by atoms with Gasteiger partial charge in [0.25, 0.3) is 5.91 Å². The topological polar surface area (TPSA) is 49.9 Å². The third-order valence-electron chi connectivity index (χ3n) is 5.48. The molecule has 8 heteroatoms. The lowest BCUT2D eigenvalue weighted by molar-refractivity contribution is -0.126. The summed E-state index contributed by atoms with van der Waals surface area (Å²) in [7, 11) is 0. The number of rotatable bonds is 3. The summed E-state index contributed by atoms with van der Waals surface area (Å²) in [5.41, 5.74) is 1.88. The quantitative estimate of drug-likeness (QED) is 0.458. The highest BCUT2D eigenvalue weighted by Crippen LogP contribution is 2.48. The van der Waals surface area contributed by atoms with Crippen molar-refractivity contribution in [2.75, 3.05) is 9.96 Å². The molecule has 3 aromatic carbocycles. The standard InChI is InChI=1S/C23H15Cl3N2O3/c24-14-6-4-5-13(11-14)20-19-21(31-28(20)15-7-2-1-3-8-15)23(30)27(22(19)29)16-9-10-17(25)18(26)12-16/h1-12,19-21H/t19-,20-,21+/m0/s1. The lowest BCUT2D eigenvalue weighted by Gasteiger charge is -2.28. The van der Waals surface area contributed by atoms with Gasteiger partial charge < -0.3 is 0 Å². The van der Waals surface area contributed by atoms with Crippen LogP contribution in [0.5, 0.6) is 0 Å². The van der Waals surface area contributed by atoms with Crippen LogP contribution >= 0.6 is 34.8 Å². The first-order valence-corrected chi connectivity index (χ1v) is 10.7. The number of fused-ring (bicyclic) bond motifs is 1. The lowest BCUT2D eigenvalue weighted by atomic mass is 9.90. The van der Waals surface area contributed by atoms with E-state index in [-0.39, 0.29) is 10.9 Å². The Morgan fingerprint density at radius 3 is 2.23 bits per heavy atom. The van der Waals surface area contributed by atoms with Crippen molar-refractivity contribution in [2.24, 2.45) is 5.92 Å².